The molecule has 0 aliphatic rings. The highest BCUT2D eigenvalue weighted by molar-refractivity contribution is 5.96. The van der Waals surface area contributed by atoms with Gasteiger partial charge < -0.3 is 14.2 Å². The summed E-state index contributed by atoms with van der Waals surface area (Å²) in [5.74, 6) is -1.35. The van der Waals surface area contributed by atoms with Crippen LogP contribution < -0.4 is 0 Å². The van der Waals surface area contributed by atoms with Crippen LogP contribution in [0.4, 0.5) is 13.2 Å². The van der Waals surface area contributed by atoms with Gasteiger partial charge >= 0.3 is 12.1 Å². The Bertz CT molecular complexity index is 877. The summed E-state index contributed by atoms with van der Waals surface area (Å²) in [4.78, 5) is 11.1. The van der Waals surface area contributed by atoms with Crippen molar-refractivity contribution in [1.82, 2.24) is 9.72 Å². The monoisotopic (exact) mass is 310 g/mol. The van der Waals surface area contributed by atoms with E-state index in [1.165, 1.54) is 29.8 Å². The van der Waals surface area contributed by atoms with Gasteiger partial charge in [0.15, 0.2) is 5.76 Å². The van der Waals surface area contributed by atoms with Crippen LogP contribution in [-0.4, -0.2) is 20.8 Å². The number of carbonyl (C=O) groups is 1. The Kier molecular flexibility index (Phi) is 2.98. The van der Waals surface area contributed by atoms with E-state index in [4.69, 9.17) is 9.63 Å². The molecule has 0 unspecified atom stereocenters. The number of benzene rings is 1. The van der Waals surface area contributed by atoms with Gasteiger partial charge in [-0.2, -0.15) is 13.2 Å². The van der Waals surface area contributed by atoms with Crippen molar-refractivity contribution in [3.63, 3.8) is 0 Å². The van der Waals surface area contributed by atoms with E-state index in [2.05, 4.69) is 5.16 Å². The lowest BCUT2D eigenvalue weighted by Gasteiger charge is -2.07. The Labute approximate surface area is 121 Å². The molecule has 3 aromatic rings. The number of alkyl halides is 3. The van der Waals surface area contributed by atoms with Crippen molar-refractivity contribution in [3.8, 4) is 11.5 Å². The maximum atomic E-state index is 13.1. The van der Waals surface area contributed by atoms with Crippen molar-refractivity contribution in [2.75, 3.05) is 0 Å². The minimum Gasteiger partial charge on any atom is -0.477 e. The van der Waals surface area contributed by atoms with Crippen LogP contribution in [0.25, 0.3) is 22.4 Å². The third kappa shape index (κ3) is 2.03. The van der Waals surface area contributed by atoms with Gasteiger partial charge in [-0.3, -0.25) is 0 Å². The predicted molar refractivity (Wildman–Crippen MR) is 70.4 cm³/mol. The number of rotatable bonds is 2. The molecule has 0 amide bonds. The first kappa shape index (κ1) is 14.2. The predicted octanol–water partition coefficient (Wildman–Crippen LogP) is 3.55. The smallest absolute Gasteiger partial charge is 0.417 e. The van der Waals surface area contributed by atoms with E-state index >= 15 is 0 Å². The summed E-state index contributed by atoms with van der Waals surface area (Å²) in [5, 5.41) is 12.5. The van der Waals surface area contributed by atoms with Crippen LogP contribution in [0.2, 0.25) is 0 Å². The summed E-state index contributed by atoms with van der Waals surface area (Å²) in [5.41, 5.74) is -0.470. The van der Waals surface area contributed by atoms with Gasteiger partial charge in [-0.25, -0.2) is 4.79 Å². The van der Waals surface area contributed by atoms with Crippen molar-refractivity contribution in [1.29, 1.82) is 0 Å². The molecule has 22 heavy (non-hydrogen) atoms. The maximum absolute atomic E-state index is 13.1. The molecular formula is C14H9F3N2O3. The van der Waals surface area contributed by atoms with Crippen molar-refractivity contribution in [2.45, 2.75) is 6.18 Å². The molecule has 0 aliphatic heterocycles. The van der Waals surface area contributed by atoms with Gasteiger partial charge in [0, 0.05) is 18.0 Å². The van der Waals surface area contributed by atoms with E-state index in [0.717, 1.165) is 12.3 Å². The lowest BCUT2D eigenvalue weighted by molar-refractivity contribution is -0.136. The second kappa shape index (κ2) is 4.62. The summed E-state index contributed by atoms with van der Waals surface area (Å²) in [7, 11) is 1.53. The first-order valence-corrected chi connectivity index (χ1v) is 6.14. The molecule has 3 rings (SSSR count). The Morgan fingerprint density at radius 2 is 2.09 bits per heavy atom. The van der Waals surface area contributed by atoms with E-state index < -0.39 is 17.7 Å². The molecule has 0 bridgehead atoms. The SMILES string of the molecule is Cn1c(-c2oncc2C(=O)O)cc2c(C(F)(F)F)cccc21. The number of fused-ring (bicyclic) bond motifs is 1. The average Bonchev–Trinajstić information content (AvgIpc) is 3.02. The molecule has 0 saturated carbocycles. The van der Waals surface area contributed by atoms with Crippen LogP contribution in [0.1, 0.15) is 15.9 Å². The van der Waals surface area contributed by atoms with Crippen molar-refractivity contribution in [3.05, 3.63) is 41.6 Å². The molecule has 0 radical (unpaired) electrons. The quantitative estimate of drug-likeness (QED) is 0.786. The molecular weight excluding hydrogens is 301 g/mol. The molecule has 2 heterocycles. The van der Waals surface area contributed by atoms with Crippen molar-refractivity contribution >= 4 is 16.9 Å². The molecule has 0 aliphatic carbocycles. The Hall–Kier alpha value is -2.77. The number of aryl methyl sites for hydroxylation is 1. The van der Waals surface area contributed by atoms with E-state index in [1.807, 2.05) is 0 Å². The molecule has 1 aromatic carbocycles. The van der Waals surface area contributed by atoms with Gasteiger partial charge in [-0.1, -0.05) is 11.2 Å². The number of aromatic carboxylic acids is 1. The number of nitrogens with zero attached hydrogens (tertiary/aromatic N) is 2. The molecule has 5 nitrogen and oxygen atoms in total. The lowest BCUT2D eigenvalue weighted by Crippen LogP contribution is -2.05. The van der Waals surface area contributed by atoms with E-state index in [-0.39, 0.29) is 22.4 Å². The summed E-state index contributed by atoms with van der Waals surface area (Å²) in [6.45, 7) is 0. The molecule has 0 saturated heterocycles. The van der Waals surface area contributed by atoms with Crippen molar-refractivity contribution in [2.24, 2.45) is 7.05 Å². The number of aromatic nitrogens is 2. The zero-order valence-corrected chi connectivity index (χ0v) is 11.2. The standard InChI is InChI=1S/C14H9F3N2O3/c1-19-10-4-2-3-9(14(15,16)17)7(10)5-11(19)12-8(13(20)21)6-18-22-12/h2-6H,1H3,(H,20,21). The third-order valence-corrected chi connectivity index (χ3v) is 3.43. The van der Waals surface area contributed by atoms with Gasteiger partial charge in [0.1, 0.15) is 5.56 Å². The zero-order chi connectivity index (χ0) is 16.1. The third-order valence-electron chi connectivity index (χ3n) is 3.43. The van der Waals surface area contributed by atoms with E-state index in [0.29, 0.717) is 5.52 Å². The topological polar surface area (TPSA) is 68.3 Å². The lowest BCUT2D eigenvalue weighted by atomic mass is 10.1. The fourth-order valence-corrected chi connectivity index (χ4v) is 2.40. The van der Waals surface area contributed by atoms with Crippen LogP contribution in [0.3, 0.4) is 0 Å². The highest BCUT2D eigenvalue weighted by atomic mass is 19.4. The maximum Gasteiger partial charge on any atom is 0.417 e. The second-order valence-electron chi connectivity index (χ2n) is 4.70. The highest BCUT2D eigenvalue weighted by Gasteiger charge is 2.33. The van der Waals surface area contributed by atoms with E-state index in [9.17, 15) is 18.0 Å². The van der Waals surface area contributed by atoms with Crippen LogP contribution in [0, 0.1) is 0 Å². The Morgan fingerprint density at radius 1 is 1.36 bits per heavy atom. The van der Waals surface area contributed by atoms with Gasteiger partial charge in [-0.05, 0) is 18.2 Å². The Balaban J connectivity index is 2.31. The van der Waals surface area contributed by atoms with Crippen LogP contribution in [-0.2, 0) is 13.2 Å². The summed E-state index contributed by atoms with van der Waals surface area (Å²) in [6, 6.07) is 5.05. The summed E-state index contributed by atoms with van der Waals surface area (Å²) in [6.07, 6.45) is -3.49. The number of hydrogen-bond donors (Lipinski definition) is 1. The molecule has 114 valence electrons. The minimum absolute atomic E-state index is 0.0276. The Morgan fingerprint density at radius 3 is 2.73 bits per heavy atom. The van der Waals surface area contributed by atoms with Crippen LogP contribution in [0.5, 0.6) is 0 Å². The van der Waals surface area contributed by atoms with Crippen LogP contribution >= 0.6 is 0 Å². The fourth-order valence-electron chi connectivity index (χ4n) is 2.40. The zero-order valence-electron chi connectivity index (χ0n) is 11.2. The molecule has 2 aromatic heterocycles. The molecule has 8 heteroatoms. The van der Waals surface area contributed by atoms with E-state index in [1.54, 1.807) is 0 Å². The second-order valence-corrected chi connectivity index (χ2v) is 4.70. The number of carboxylic acids is 1. The normalized spacial score (nSPS) is 12.0. The number of halogens is 3. The van der Waals surface area contributed by atoms with Gasteiger partial charge in [-0.15, -0.1) is 0 Å². The fraction of sp³-hybridized carbons (Fsp3) is 0.143. The molecule has 0 spiro atoms. The molecule has 0 fully saturated rings. The van der Waals surface area contributed by atoms with Gasteiger partial charge in [0.2, 0.25) is 0 Å². The van der Waals surface area contributed by atoms with Crippen molar-refractivity contribution < 1.29 is 27.6 Å². The average molecular weight is 310 g/mol. The first-order valence-electron chi connectivity index (χ1n) is 6.14. The number of hydrogen-bond acceptors (Lipinski definition) is 3. The van der Waals surface area contributed by atoms with Gasteiger partial charge in [0.05, 0.1) is 17.5 Å². The molecule has 1 N–H and O–H groups in total. The highest BCUT2D eigenvalue weighted by Crippen LogP contribution is 2.38. The van der Waals surface area contributed by atoms with Gasteiger partial charge in [0.25, 0.3) is 0 Å². The summed E-state index contributed by atoms with van der Waals surface area (Å²) >= 11 is 0. The number of carboxylic acid groups (broad SMARTS) is 1. The molecule has 0 atom stereocenters. The minimum atomic E-state index is -4.50. The summed E-state index contributed by atoms with van der Waals surface area (Å²) < 4.78 is 45.6. The first-order chi connectivity index (χ1) is 10.3. The largest absolute Gasteiger partial charge is 0.477 e. The van der Waals surface area contributed by atoms with Crippen LogP contribution in [0.15, 0.2) is 35.0 Å².